The van der Waals surface area contributed by atoms with Gasteiger partial charge in [0.2, 0.25) is 0 Å². The Morgan fingerprint density at radius 3 is 2.77 bits per heavy atom. The van der Waals surface area contributed by atoms with Crippen LogP contribution in [0.5, 0.6) is 0 Å². The first-order valence-electron chi connectivity index (χ1n) is 8.94. The van der Waals surface area contributed by atoms with Crippen molar-refractivity contribution in [3.63, 3.8) is 0 Å². The summed E-state index contributed by atoms with van der Waals surface area (Å²) < 4.78 is 14.1. The second kappa shape index (κ2) is 4.66. The molecule has 3 fully saturated rings. The number of aliphatic hydroxyl groups excluding tert-OH is 1. The molecule has 0 saturated heterocycles. The molecule has 0 aromatic heterocycles. The Balaban J connectivity index is 1.75. The highest BCUT2D eigenvalue weighted by molar-refractivity contribution is 5.91. The zero-order valence-corrected chi connectivity index (χ0v) is 13.6. The van der Waals surface area contributed by atoms with Gasteiger partial charge in [0.05, 0.1) is 6.10 Å². The molecule has 122 valence electrons. The van der Waals surface area contributed by atoms with Gasteiger partial charge in [0.15, 0.2) is 12.0 Å². The molecular weight excluding hydrogens is 279 g/mol. The fourth-order valence-corrected chi connectivity index (χ4v) is 6.47. The van der Waals surface area contributed by atoms with Crippen LogP contribution in [-0.4, -0.2) is 23.2 Å². The van der Waals surface area contributed by atoms with Gasteiger partial charge in [-0.15, -0.1) is 0 Å². The molecular formula is C19H27FO2. The molecule has 2 unspecified atom stereocenters. The molecule has 4 aliphatic rings. The van der Waals surface area contributed by atoms with E-state index in [1.54, 1.807) is 0 Å². The summed E-state index contributed by atoms with van der Waals surface area (Å²) >= 11 is 0. The molecule has 2 nitrogen and oxygen atoms in total. The maximum absolute atomic E-state index is 14.1. The van der Waals surface area contributed by atoms with Crippen LogP contribution in [0.15, 0.2) is 11.6 Å². The zero-order chi connectivity index (χ0) is 15.7. The van der Waals surface area contributed by atoms with Gasteiger partial charge in [0.1, 0.15) is 0 Å². The van der Waals surface area contributed by atoms with Gasteiger partial charge in [-0.1, -0.05) is 25.5 Å². The lowest BCUT2D eigenvalue weighted by Gasteiger charge is -2.58. The van der Waals surface area contributed by atoms with Crippen LogP contribution in [0.3, 0.4) is 0 Å². The molecule has 0 aliphatic heterocycles. The van der Waals surface area contributed by atoms with Gasteiger partial charge >= 0.3 is 0 Å². The summed E-state index contributed by atoms with van der Waals surface area (Å²) in [6.45, 7) is 4.31. The van der Waals surface area contributed by atoms with Crippen molar-refractivity contribution < 1.29 is 14.3 Å². The molecule has 0 aromatic rings. The lowest BCUT2D eigenvalue weighted by Crippen LogP contribution is -2.55. The topological polar surface area (TPSA) is 37.3 Å². The Morgan fingerprint density at radius 1 is 1.23 bits per heavy atom. The van der Waals surface area contributed by atoms with Crippen LogP contribution < -0.4 is 0 Å². The highest BCUT2D eigenvalue weighted by Gasteiger charge is 2.63. The molecule has 0 bridgehead atoms. The molecule has 3 saturated carbocycles. The van der Waals surface area contributed by atoms with Crippen molar-refractivity contribution in [2.75, 3.05) is 0 Å². The smallest absolute Gasteiger partial charge is 0.173 e. The molecule has 4 aliphatic carbocycles. The van der Waals surface area contributed by atoms with Gasteiger partial charge in [0.25, 0.3) is 0 Å². The Labute approximate surface area is 132 Å². The number of hydrogen-bond donors (Lipinski definition) is 1. The number of ketones is 1. The summed E-state index contributed by atoms with van der Waals surface area (Å²) in [7, 11) is 0. The van der Waals surface area contributed by atoms with Crippen LogP contribution in [0.2, 0.25) is 0 Å². The van der Waals surface area contributed by atoms with E-state index in [9.17, 15) is 14.3 Å². The SMILES string of the molecule is C[C@]12CCCC=C1CC(O)[C@@H]1[C@@H]2CC[C@]2(C)C(=O)C(F)C[C@@H]12. The second-order valence-corrected chi connectivity index (χ2v) is 8.62. The van der Waals surface area contributed by atoms with Crippen molar-refractivity contribution in [2.45, 2.75) is 71.1 Å². The van der Waals surface area contributed by atoms with E-state index in [0.29, 0.717) is 12.3 Å². The zero-order valence-electron chi connectivity index (χ0n) is 13.6. The fraction of sp³-hybridized carbons (Fsp3) is 0.842. The van der Waals surface area contributed by atoms with Crippen molar-refractivity contribution in [1.82, 2.24) is 0 Å². The van der Waals surface area contributed by atoms with Crippen molar-refractivity contribution in [3.05, 3.63) is 11.6 Å². The Bertz CT molecular complexity index is 542. The van der Waals surface area contributed by atoms with Gasteiger partial charge in [-0.2, -0.15) is 0 Å². The van der Waals surface area contributed by atoms with Gasteiger partial charge < -0.3 is 5.11 Å². The number of halogens is 1. The molecule has 0 aromatic carbocycles. The number of fused-ring (bicyclic) bond motifs is 5. The lowest BCUT2D eigenvalue weighted by molar-refractivity contribution is -0.140. The fourth-order valence-electron chi connectivity index (χ4n) is 6.47. The van der Waals surface area contributed by atoms with Crippen LogP contribution >= 0.6 is 0 Å². The highest BCUT2D eigenvalue weighted by atomic mass is 19.1. The van der Waals surface area contributed by atoms with Crippen LogP contribution in [0.1, 0.15) is 58.8 Å². The highest BCUT2D eigenvalue weighted by Crippen LogP contribution is 2.64. The third-order valence-corrected chi connectivity index (χ3v) is 7.75. The quantitative estimate of drug-likeness (QED) is 0.691. The Kier molecular flexibility index (Phi) is 3.15. The number of carbonyl (C=O) groups excluding carboxylic acids is 1. The van der Waals surface area contributed by atoms with E-state index in [-0.39, 0.29) is 23.0 Å². The Morgan fingerprint density at radius 2 is 2.00 bits per heavy atom. The van der Waals surface area contributed by atoms with Crippen molar-refractivity contribution in [1.29, 1.82) is 0 Å². The largest absolute Gasteiger partial charge is 0.392 e. The molecule has 1 N–H and O–H groups in total. The molecule has 0 amide bonds. The van der Waals surface area contributed by atoms with Crippen LogP contribution in [0, 0.1) is 28.6 Å². The summed E-state index contributed by atoms with van der Waals surface area (Å²) in [5, 5.41) is 10.8. The maximum Gasteiger partial charge on any atom is 0.173 e. The molecule has 0 heterocycles. The lowest BCUT2D eigenvalue weighted by atomic mass is 9.47. The number of carbonyl (C=O) groups is 1. The van der Waals surface area contributed by atoms with Gasteiger partial charge in [-0.05, 0) is 68.1 Å². The minimum Gasteiger partial charge on any atom is -0.392 e. The minimum absolute atomic E-state index is 0.0315. The van der Waals surface area contributed by atoms with Gasteiger partial charge in [0, 0.05) is 5.41 Å². The number of hydrogen-bond acceptors (Lipinski definition) is 2. The average molecular weight is 306 g/mol. The molecule has 3 heteroatoms. The average Bonchev–Trinajstić information content (AvgIpc) is 2.71. The van der Waals surface area contributed by atoms with E-state index >= 15 is 0 Å². The molecule has 0 radical (unpaired) electrons. The number of Topliss-reactive ketones (excluding diaryl/α,β-unsaturated/α-hetero) is 1. The van der Waals surface area contributed by atoms with Crippen molar-refractivity contribution in [2.24, 2.45) is 28.6 Å². The first-order chi connectivity index (χ1) is 10.4. The molecule has 22 heavy (non-hydrogen) atoms. The normalized spacial score (nSPS) is 54.3. The van der Waals surface area contributed by atoms with Crippen molar-refractivity contribution in [3.8, 4) is 0 Å². The van der Waals surface area contributed by atoms with Crippen LogP contribution in [-0.2, 0) is 4.79 Å². The minimum atomic E-state index is -1.31. The number of aliphatic hydroxyl groups is 1. The summed E-state index contributed by atoms with van der Waals surface area (Å²) in [6, 6.07) is 0. The van der Waals surface area contributed by atoms with Crippen LogP contribution in [0.25, 0.3) is 0 Å². The van der Waals surface area contributed by atoms with E-state index in [2.05, 4.69) is 13.0 Å². The van der Waals surface area contributed by atoms with Gasteiger partial charge in [-0.3, -0.25) is 4.79 Å². The summed E-state index contributed by atoms with van der Waals surface area (Å²) in [4.78, 5) is 12.3. The van der Waals surface area contributed by atoms with E-state index in [1.165, 1.54) is 18.4 Å². The predicted molar refractivity (Wildman–Crippen MR) is 83.0 cm³/mol. The van der Waals surface area contributed by atoms with Gasteiger partial charge in [-0.25, -0.2) is 4.39 Å². The first kappa shape index (κ1) is 14.9. The van der Waals surface area contributed by atoms with Crippen molar-refractivity contribution >= 4 is 5.78 Å². The van der Waals surface area contributed by atoms with E-state index in [1.807, 2.05) is 6.92 Å². The van der Waals surface area contributed by atoms with Crippen LogP contribution in [0.4, 0.5) is 4.39 Å². The maximum atomic E-state index is 14.1. The predicted octanol–water partition coefficient (Wildman–Crippen LogP) is 3.83. The molecule has 7 atom stereocenters. The Hall–Kier alpha value is -0.700. The third kappa shape index (κ3) is 1.72. The summed E-state index contributed by atoms with van der Waals surface area (Å²) in [5.74, 6) is 0.352. The van der Waals surface area contributed by atoms with E-state index in [0.717, 1.165) is 25.7 Å². The number of alkyl halides is 1. The summed E-state index contributed by atoms with van der Waals surface area (Å²) in [6.07, 6.45) is 6.99. The monoisotopic (exact) mass is 306 g/mol. The molecule has 0 spiro atoms. The standard InChI is InChI=1S/C19H27FO2/c1-18-7-4-3-5-11(18)9-15(21)16-12(18)6-8-19(2)13(16)10-14(20)17(19)22/h5,12-16,21H,3-4,6-10H2,1-2H3/t12-,13-,14?,15?,16+,18-,19-/m0/s1. The number of allylic oxidation sites excluding steroid dienone is 1. The number of rotatable bonds is 0. The van der Waals surface area contributed by atoms with E-state index < -0.39 is 17.7 Å². The third-order valence-electron chi connectivity index (χ3n) is 7.75. The second-order valence-electron chi connectivity index (χ2n) is 8.62. The molecule has 4 rings (SSSR count). The first-order valence-corrected chi connectivity index (χ1v) is 8.94. The summed E-state index contributed by atoms with van der Waals surface area (Å²) in [5.41, 5.74) is 1.06. The van der Waals surface area contributed by atoms with E-state index in [4.69, 9.17) is 0 Å².